The van der Waals surface area contributed by atoms with E-state index in [0.29, 0.717) is 18.6 Å². The smallest absolute Gasteiger partial charge is 0.244 e. The van der Waals surface area contributed by atoms with Crippen molar-refractivity contribution >= 4 is 16.9 Å². The molecular formula is C16H20N4O. The highest BCUT2D eigenvalue weighted by molar-refractivity contribution is 5.80. The Hall–Kier alpha value is -1.91. The maximum Gasteiger partial charge on any atom is 0.244 e. The average Bonchev–Trinajstić information content (AvgIpc) is 3.02. The van der Waals surface area contributed by atoms with Gasteiger partial charge in [0.25, 0.3) is 0 Å². The Balaban J connectivity index is 1.56. The van der Waals surface area contributed by atoms with E-state index in [4.69, 9.17) is 0 Å². The van der Waals surface area contributed by atoms with Crippen LogP contribution in [0.25, 0.3) is 11.0 Å². The maximum atomic E-state index is 12.8. The molecule has 5 heteroatoms. The fourth-order valence-corrected chi connectivity index (χ4v) is 3.48. The van der Waals surface area contributed by atoms with Gasteiger partial charge in [0.05, 0.1) is 5.52 Å². The number of benzene rings is 1. The number of nitrogens with zero attached hydrogens (tertiary/aromatic N) is 4. The second-order valence-electron chi connectivity index (χ2n) is 6.21. The minimum absolute atomic E-state index is 0.208. The predicted octanol–water partition coefficient (Wildman–Crippen LogP) is 2.36. The number of para-hydroxylation sites is 1. The Morgan fingerprint density at radius 1 is 1.14 bits per heavy atom. The summed E-state index contributed by atoms with van der Waals surface area (Å²) in [5.74, 6) is 0.208. The van der Waals surface area contributed by atoms with E-state index in [1.54, 1.807) is 4.68 Å². The first-order chi connectivity index (χ1) is 10.3. The Morgan fingerprint density at radius 2 is 1.86 bits per heavy atom. The Bertz CT molecular complexity index is 655. The van der Waals surface area contributed by atoms with Crippen molar-refractivity contribution in [2.24, 2.45) is 0 Å². The topological polar surface area (TPSA) is 51.0 Å². The van der Waals surface area contributed by atoms with Crippen LogP contribution in [-0.2, 0) is 11.3 Å². The molecule has 0 radical (unpaired) electrons. The molecule has 0 N–H and O–H groups in total. The summed E-state index contributed by atoms with van der Waals surface area (Å²) in [5.41, 5.74) is 1.79. The van der Waals surface area contributed by atoms with Crippen molar-refractivity contribution in [2.45, 2.75) is 57.2 Å². The summed E-state index contributed by atoms with van der Waals surface area (Å²) in [4.78, 5) is 14.9. The number of hydrogen-bond acceptors (Lipinski definition) is 3. The largest absolute Gasteiger partial charge is 0.335 e. The molecule has 0 atom stereocenters. The molecule has 4 rings (SSSR count). The van der Waals surface area contributed by atoms with Crippen LogP contribution in [0.5, 0.6) is 0 Å². The van der Waals surface area contributed by atoms with E-state index in [9.17, 15) is 4.79 Å². The van der Waals surface area contributed by atoms with Crippen LogP contribution in [0.3, 0.4) is 0 Å². The summed E-state index contributed by atoms with van der Waals surface area (Å²) >= 11 is 0. The predicted molar refractivity (Wildman–Crippen MR) is 79.7 cm³/mol. The van der Waals surface area contributed by atoms with Gasteiger partial charge in [0.2, 0.25) is 5.91 Å². The van der Waals surface area contributed by atoms with Gasteiger partial charge in [-0.3, -0.25) is 4.79 Å². The Morgan fingerprint density at radius 3 is 2.62 bits per heavy atom. The highest BCUT2D eigenvalue weighted by Crippen LogP contribution is 2.34. The molecule has 2 aromatic rings. The number of fused-ring (bicyclic) bond motifs is 1. The molecule has 21 heavy (non-hydrogen) atoms. The van der Waals surface area contributed by atoms with E-state index in [1.165, 1.54) is 38.5 Å². The molecule has 1 heterocycles. The molecule has 0 bridgehead atoms. The summed E-state index contributed by atoms with van der Waals surface area (Å²) in [6, 6.07) is 8.74. The molecule has 5 nitrogen and oxygen atoms in total. The first-order valence-corrected chi connectivity index (χ1v) is 7.92. The van der Waals surface area contributed by atoms with Gasteiger partial charge in [-0.25, -0.2) is 4.68 Å². The van der Waals surface area contributed by atoms with Crippen molar-refractivity contribution in [3.05, 3.63) is 24.3 Å². The first-order valence-electron chi connectivity index (χ1n) is 7.92. The van der Waals surface area contributed by atoms with Crippen LogP contribution < -0.4 is 0 Å². The van der Waals surface area contributed by atoms with Crippen LogP contribution in [0, 0.1) is 0 Å². The van der Waals surface area contributed by atoms with E-state index >= 15 is 0 Å². The highest BCUT2D eigenvalue weighted by atomic mass is 16.2. The van der Waals surface area contributed by atoms with Crippen LogP contribution >= 0.6 is 0 Å². The SMILES string of the molecule is O=C(Cn1nnc2ccccc21)N(C1CCCC1)C1CC1. The lowest BCUT2D eigenvalue weighted by Crippen LogP contribution is -2.42. The first kappa shape index (κ1) is 12.8. The summed E-state index contributed by atoms with van der Waals surface area (Å²) in [7, 11) is 0. The van der Waals surface area contributed by atoms with Crippen molar-refractivity contribution in [2.75, 3.05) is 0 Å². The fourth-order valence-electron chi connectivity index (χ4n) is 3.48. The van der Waals surface area contributed by atoms with Gasteiger partial charge in [-0.15, -0.1) is 5.10 Å². The molecule has 2 fully saturated rings. The summed E-state index contributed by atoms with van der Waals surface area (Å²) in [6.07, 6.45) is 7.18. The number of carbonyl (C=O) groups is 1. The maximum absolute atomic E-state index is 12.8. The monoisotopic (exact) mass is 284 g/mol. The van der Waals surface area contributed by atoms with Crippen LogP contribution in [0.1, 0.15) is 38.5 Å². The molecule has 1 amide bonds. The molecule has 110 valence electrons. The quantitative estimate of drug-likeness (QED) is 0.866. The molecule has 0 unspecified atom stereocenters. The molecule has 2 aliphatic rings. The van der Waals surface area contributed by atoms with Gasteiger partial charge < -0.3 is 4.90 Å². The van der Waals surface area contributed by atoms with Gasteiger partial charge in [-0.2, -0.15) is 0 Å². The number of aromatic nitrogens is 3. The zero-order valence-corrected chi connectivity index (χ0v) is 12.1. The molecular weight excluding hydrogens is 264 g/mol. The molecule has 1 aromatic heterocycles. The Labute approximate surface area is 123 Å². The van der Waals surface area contributed by atoms with Crippen LogP contribution in [0.4, 0.5) is 0 Å². The summed E-state index contributed by atoms with van der Waals surface area (Å²) in [5, 5.41) is 8.27. The van der Waals surface area contributed by atoms with Crippen LogP contribution in [0.2, 0.25) is 0 Å². The summed E-state index contributed by atoms with van der Waals surface area (Å²) in [6.45, 7) is 0.313. The lowest BCUT2D eigenvalue weighted by atomic mass is 10.2. The number of carbonyl (C=O) groups excluding carboxylic acids is 1. The van der Waals surface area contributed by atoms with Gasteiger partial charge in [-0.05, 0) is 37.8 Å². The van der Waals surface area contributed by atoms with Gasteiger partial charge >= 0.3 is 0 Å². The van der Waals surface area contributed by atoms with Gasteiger partial charge in [0.1, 0.15) is 12.1 Å². The minimum Gasteiger partial charge on any atom is -0.335 e. The van der Waals surface area contributed by atoms with E-state index in [-0.39, 0.29) is 5.91 Å². The van der Waals surface area contributed by atoms with E-state index < -0.39 is 0 Å². The van der Waals surface area contributed by atoms with Crippen molar-refractivity contribution in [3.8, 4) is 0 Å². The van der Waals surface area contributed by atoms with Crippen molar-refractivity contribution in [3.63, 3.8) is 0 Å². The van der Waals surface area contributed by atoms with Crippen LogP contribution in [-0.4, -0.2) is 37.9 Å². The standard InChI is InChI=1S/C16H20N4O/c21-16(20(13-9-10-13)12-5-1-2-6-12)11-19-15-8-4-3-7-14(15)17-18-19/h3-4,7-8,12-13H,1-2,5-6,9-11H2. The number of amides is 1. The molecule has 2 saturated carbocycles. The van der Waals surface area contributed by atoms with E-state index in [1.807, 2.05) is 24.3 Å². The van der Waals surface area contributed by atoms with E-state index in [0.717, 1.165) is 11.0 Å². The normalized spacial score (nSPS) is 19.2. The molecule has 0 aliphatic heterocycles. The van der Waals surface area contributed by atoms with Gasteiger partial charge in [0.15, 0.2) is 0 Å². The van der Waals surface area contributed by atoms with Crippen molar-refractivity contribution in [1.82, 2.24) is 19.9 Å². The van der Waals surface area contributed by atoms with Crippen molar-refractivity contribution in [1.29, 1.82) is 0 Å². The highest BCUT2D eigenvalue weighted by Gasteiger charge is 2.38. The fraction of sp³-hybridized carbons (Fsp3) is 0.562. The third-order valence-corrected chi connectivity index (χ3v) is 4.65. The second-order valence-corrected chi connectivity index (χ2v) is 6.21. The lowest BCUT2D eigenvalue weighted by Gasteiger charge is -2.29. The zero-order valence-electron chi connectivity index (χ0n) is 12.1. The van der Waals surface area contributed by atoms with E-state index in [2.05, 4.69) is 15.2 Å². The molecule has 1 aromatic carbocycles. The van der Waals surface area contributed by atoms with Gasteiger partial charge in [0, 0.05) is 12.1 Å². The molecule has 0 spiro atoms. The minimum atomic E-state index is 0.208. The third kappa shape index (κ3) is 2.41. The molecule has 0 saturated heterocycles. The third-order valence-electron chi connectivity index (χ3n) is 4.65. The number of rotatable bonds is 4. The Kier molecular flexibility index (Phi) is 3.13. The second kappa shape index (κ2) is 5.13. The van der Waals surface area contributed by atoms with Crippen molar-refractivity contribution < 1.29 is 4.79 Å². The van der Waals surface area contributed by atoms with Crippen LogP contribution in [0.15, 0.2) is 24.3 Å². The lowest BCUT2D eigenvalue weighted by molar-refractivity contribution is -0.134. The summed E-state index contributed by atoms with van der Waals surface area (Å²) < 4.78 is 1.74. The zero-order chi connectivity index (χ0) is 14.2. The van der Waals surface area contributed by atoms with Gasteiger partial charge in [-0.1, -0.05) is 30.2 Å². The number of hydrogen-bond donors (Lipinski definition) is 0. The average molecular weight is 284 g/mol. The molecule has 2 aliphatic carbocycles.